The maximum Gasteiger partial charge on any atom is 0.306 e. The first-order valence-corrected chi connectivity index (χ1v) is 29.3. The average Bonchev–Trinajstić information content (AvgIpc) is 3.31. The van der Waals surface area contributed by atoms with Gasteiger partial charge < -0.3 is 14.2 Å². The number of carbonyl (C=O) groups is 3. The van der Waals surface area contributed by atoms with Gasteiger partial charge in [0.1, 0.15) is 13.2 Å². The molecule has 0 bridgehead atoms. The van der Waals surface area contributed by atoms with Gasteiger partial charge in [-0.1, -0.05) is 257 Å². The molecule has 0 aliphatic rings. The lowest BCUT2D eigenvalue weighted by atomic mass is 10.0. The normalized spacial score (nSPS) is 12.1. The molecule has 0 aromatic rings. The summed E-state index contributed by atoms with van der Waals surface area (Å²) < 4.78 is 16.9. The van der Waals surface area contributed by atoms with Crippen LogP contribution in [-0.2, 0) is 28.6 Å². The van der Waals surface area contributed by atoms with Gasteiger partial charge >= 0.3 is 17.9 Å². The van der Waals surface area contributed by atoms with E-state index in [1.165, 1.54) is 218 Å². The van der Waals surface area contributed by atoms with Crippen molar-refractivity contribution in [1.29, 1.82) is 0 Å². The first-order valence-electron chi connectivity index (χ1n) is 29.3. The van der Waals surface area contributed by atoms with Crippen LogP contribution in [0.25, 0.3) is 0 Å². The summed E-state index contributed by atoms with van der Waals surface area (Å²) in [5, 5.41) is 0. The Hall–Kier alpha value is -2.11. The van der Waals surface area contributed by atoms with Gasteiger partial charge in [0.15, 0.2) is 6.10 Å². The van der Waals surface area contributed by atoms with E-state index in [1.807, 2.05) is 0 Å². The van der Waals surface area contributed by atoms with E-state index in [4.69, 9.17) is 14.2 Å². The zero-order chi connectivity index (χ0) is 47.9. The van der Waals surface area contributed by atoms with Crippen LogP contribution in [-0.4, -0.2) is 37.2 Å². The second-order valence-corrected chi connectivity index (χ2v) is 19.9. The molecule has 66 heavy (non-hydrogen) atoms. The summed E-state index contributed by atoms with van der Waals surface area (Å²) in [5.41, 5.74) is 0. The molecule has 6 nitrogen and oxygen atoms in total. The standard InChI is InChI=1S/C60H112O6/c1-4-7-10-13-16-19-22-25-27-28-29-30-31-32-34-36-39-42-45-48-51-54-60(63)66-57(55-64-58(61)52-49-46-43-40-37-24-21-18-15-12-9-6-3)56-65-59(62)53-50-47-44-41-38-35-33-26-23-20-17-14-11-8-5-2/h25-27,33,57H,4-24,28-32,34-56H2,1-3H3/b27-25-,33-26-/t57-/m0/s1. The number of unbranched alkanes of at least 4 members (excludes halogenated alkanes) is 39. The lowest BCUT2D eigenvalue weighted by Crippen LogP contribution is -2.30. The molecule has 0 spiro atoms. The minimum absolute atomic E-state index is 0.0696. The van der Waals surface area contributed by atoms with Gasteiger partial charge in [0.05, 0.1) is 0 Å². The predicted octanol–water partition coefficient (Wildman–Crippen LogP) is 19.5. The topological polar surface area (TPSA) is 78.9 Å². The Morgan fingerprint density at radius 2 is 0.500 bits per heavy atom. The van der Waals surface area contributed by atoms with Crippen molar-refractivity contribution < 1.29 is 28.6 Å². The Kier molecular flexibility index (Phi) is 53.7. The molecule has 0 aliphatic heterocycles. The summed E-state index contributed by atoms with van der Waals surface area (Å²) in [5.74, 6) is -0.860. The molecular formula is C60H112O6. The molecule has 0 radical (unpaired) electrons. The van der Waals surface area contributed by atoms with Crippen LogP contribution in [0.3, 0.4) is 0 Å². The van der Waals surface area contributed by atoms with Crippen LogP contribution in [0.15, 0.2) is 24.3 Å². The highest BCUT2D eigenvalue weighted by Gasteiger charge is 2.19. The van der Waals surface area contributed by atoms with Gasteiger partial charge in [-0.3, -0.25) is 14.4 Å². The van der Waals surface area contributed by atoms with Crippen molar-refractivity contribution in [2.24, 2.45) is 0 Å². The maximum absolute atomic E-state index is 12.9. The third-order valence-corrected chi connectivity index (χ3v) is 13.2. The first kappa shape index (κ1) is 63.9. The van der Waals surface area contributed by atoms with E-state index in [9.17, 15) is 14.4 Å². The average molecular weight is 930 g/mol. The number of hydrogen-bond donors (Lipinski definition) is 0. The van der Waals surface area contributed by atoms with E-state index in [1.54, 1.807) is 0 Å². The Balaban J connectivity index is 4.29. The van der Waals surface area contributed by atoms with Crippen LogP contribution in [0.5, 0.6) is 0 Å². The smallest absolute Gasteiger partial charge is 0.306 e. The fraction of sp³-hybridized carbons (Fsp3) is 0.883. The summed E-state index contributed by atoms with van der Waals surface area (Å²) in [4.78, 5) is 38.1. The van der Waals surface area contributed by atoms with E-state index in [0.29, 0.717) is 19.3 Å². The number of allylic oxidation sites excluding steroid dienone is 4. The number of esters is 3. The van der Waals surface area contributed by atoms with Gasteiger partial charge in [0.2, 0.25) is 0 Å². The van der Waals surface area contributed by atoms with Crippen molar-refractivity contribution in [1.82, 2.24) is 0 Å². The van der Waals surface area contributed by atoms with Crippen molar-refractivity contribution in [2.45, 2.75) is 329 Å². The number of carbonyl (C=O) groups excluding carboxylic acids is 3. The lowest BCUT2D eigenvalue weighted by molar-refractivity contribution is -0.167. The van der Waals surface area contributed by atoms with Gasteiger partial charge in [-0.25, -0.2) is 0 Å². The minimum Gasteiger partial charge on any atom is -0.462 e. The molecule has 0 N–H and O–H groups in total. The molecule has 0 amide bonds. The Morgan fingerprint density at radius 3 is 0.758 bits per heavy atom. The van der Waals surface area contributed by atoms with Gasteiger partial charge in [-0.2, -0.15) is 0 Å². The number of rotatable bonds is 54. The van der Waals surface area contributed by atoms with E-state index >= 15 is 0 Å². The molecule has 6 heteroatoms. The summed E-state index contributed by atoms with van der Waals surface area (Å²) >= 11 is 0. The summed E-state index contributed by atoms with van der Waals surface area (Å²) in [6.07, 6.45) is 64.5. The van der Waals surface area contributed by atoms with Gasteiger partial charge in [0, 0.05) is 19.3 Å². The molecular weight excluding hydrogens is 817 g/mol. The molecule has 0 heterocycles. The van der Waals surface area contributed by atoms with Crippen LogP contribution >= 0.6 is 0 Å². The van der Waals surface area contributed by atoms with Crippen LogP contribution in [0.1, 0.15) is 323 Å². The molecule has 388 valence electrons. The van der Waals surface area contributed by atoms with Gasteiger partial charge in [-0.05, 0) is 70.6 Å². The predicted molar refractivity (Wildman–Crippen MR) is 284 cm³/mol. The van der Waals surface area contributed by atoms with Crippen LogP contribution < -0.4 is 0 Å². The summed E-state index contributed by atoms with van der Waals surface area (Å²) in [6, 6.07) is 0. The molecule has 0 fully saturated rings. The second kappa shape index (κ2) is 55.5. The molecule has 0 saturated heterocycles. The highest BCUT2D eigenvalue weighted by molar-refractivity contribution is 5.71. The molecule has 0 unspecified atom stereocenters. The van der Waals surface area contributed by atoms with Gasteiger partial charge in [-0.15, -0.1) is 0 Å². The zero-order valence-electron chi connectivity index (χ0n) is 44.5. The molecule has 0 rings (SSSR count). The van der Waals surface area contributed by atoms with Crippen LogP contribution in [0.4, 0.5) is 0 Å². The number of ether oxygens (including phenoxy) is 3. The van der Waals surface area contributed by atoms with Crippen molar-refractivity contribution in [3.8, 4) is 0 Å². The van der Waals surface area contributed by atoms with Crippen molar-refractivity contribution in [3.05, 3.63) is 24.3 Å². The van der Waals surface area contributed by atoms with Crippen molar-refractivity contribution in [2.75, 3.05) is 13.2 Å². The van der Waals surface area contributed by atoms with Crippen LogP contribution in [0, 0.1) is 0 Å². The fourth-order valence-electron chi connectivity index (χ4n) is 8.73. The highest BCUT2D eigenvalue weighted by Crippen LogP contribution is 2.16. The Morgan fingerprint density at radius 1 is 0.288 bits per heavy atom. The summed E-state index contributed by atoms with van der Waals surface area (Å²) in [6.45, 7) is 6.66. The molecule has 1 atom stereocenters. The third kappa shape index (κ3) is 52.9. The van der Waals surface area contributed by atoms with Crippen LogP contribution in [0.2, 0.25) is 0 Å². The maximum atomic E-state index is 12.9. The van der Waals surface area contributed by atoms with E-state index in [2.05, 4.69) is 45.1 Å². The van der Waals surface area contributed by atoms with E-state index < -0.39 is 6.10 Å². The van der Waals surface area contributed by atoms with Gasteiger partial charge in [0.25, 0.3) is 0 Å². The SMILES string of the molecule is CCCCCCCC/C=C\CCCCCCCCCCCCCC(=O)O[C@H](COC(=O)CCCCCCC/C=C\CCCCCCCC)COC(=O)CCCCCCCCCCCCCC. The van der Waals surface area contributed by atoms with Crippen molar-refractivity contribution in [3.63, 3.8) is 0 Å². The van der Waals surface area contributed by atoms with E-state index in [-0.39, 0.29) is 31.1 Å². The first-order chi connectivity index (χ1) is 32.5. The summed E-state index contributed by atoms with van der Waals surface area (Å²) in [7, 11) is 0. The van der Waals surface area contributed by atoms with Crippen molar-refractivity contribution >= 4 is 17.9 Å². The molecule has 0 aromatic heterocycles. The zero-order valence-corrected chi connectivity index (χ0v) is 44.5. The molecule has 0 aliphatic carbocycles. The fourth-order valence-corrected chi connectivity index (χ4v) is 8.73. The van der Waals surface area contributed by atoms with E-state index in [0.717, 1.165) is 64.2 Å². The second-order valence-electron chi connectivity index (χ2n) is 19.9. The number of hydrogen-bond acceptors (Lipinski definition) is 6. The third-order valence-electron chi connectivity index (χ3n) is 13.2. The minimum atomic E-state index is -0.771. The quantitative estimate of drug-likeness (QED) is 0.0262. The highest BCUT2D eigenvalue weighted by atomic mass is 16.6. The Labute approximate surface area is 411 Å². The lowest BCUT2D eigenvalue weighted by Gasteiger charge is -2.18. The molecule has 0 saturated carbocycles. The monoisotopic (exact) mass is 929 g/mol. The molecule has 0 aromatic carbocycles. The largest absolute Gasteiger partial charge is 0.462 e. The Bertz CT molecular complexity index is 1070.